The smallest absolute Gasteiger partial charge is 0.303 e. The van der Waals surface area contributed by atoms with Gasteiger partial charge in [0.15, 0.2) is 0 Å². The fourth-order valence-electron chi connectivity index (χ4n) is 3.42. The van der Waals surface area contributed by atoms with Gasteiger partial charge in [0.1, 0.15) is 5.69 Å². The van der Waals surface area contributed by atoms with E-state index in [9.17, 15) is 22.8 Å². The quantitative estimate of drug-likeness (QED) is 0.406. The van der Waals surface area contributed by atoms with Crippen molar-refractivity contribution < 1.29 is 27.9 Å². The number of nitrogens with zero attached hydrogens (tertiary/aromatic N) is 1. The molecule has 0 aliphatic rings. The van der Waals surface area contributed by atoms with Crippen molar-refractivity contribution >= 4 is 67.6 Å². The van der Waals surface area contributed by atoms with Crippen LogP contribution in [0.3, 0.4) is 0 Å². The van der Waals surface area contributed by atoms with Crippen LogP contribution >= 0.6 is 23.2 Å². The first-order valence-electron chi connectivity index (χ1n) is 10.0. The molecule has 1 aromatic heterocycles. The maximum absolute atomic E-state index is 12.8. The van der Waals surface area contributed by atoms with Gasteiger partial charge in [0, 0.05) is 36.5 Å². The molecule has 0 bridgehead atoms. The van der Waals surface area contributed by atoms with Crippen LogP contribution in [-0.4, -0.2) is 35.9 Å². The average Bonchev–Trinajstić information content (AvgIpc) is 3.07. The van der Waals surface area contributed by atoms with Gasteiger partial charge in [-0.15, -0.1) is 0 Å². The van der Waals surface area contributed by atoms with Crippen LogP contribution < -0.4 is 10.0 Å². The van der Waals surface area contributed by atoms with Crippen molar-refractivity contribution in [3.05, 3.63) is 58.2 Å². The Morgan fingerprint density at radius 2 is 1.71 bits per heavy atom. The Morgan fingerprint density at radius 3 is 2.32 bits per heavy atom. The molecule has 0 aliphatic carbocycles. The molecule has 0 aliphatic heterocycles. The zero-order valence-electron chi connectivity index (χ0n) is 18.1. The first kappa shape index (κ1) is 25.5. The van der Waals surface area contributed by atoms with E-state index in [1.54, 1.807) is 29.8 Å². The molecule has 12 heteroatoms. The number of fused-ring (bicyclic) bond motifs is 1. The lowest BCUT2D eigenvalue weighted by Crippen LogP contribution is -2.31. The summed E-state index contributed by atoms with van der Waals surface area (Å²) in [4.78, 5) is 35.3. The summed E-state index contributed by atoms with van der Waals surface area (Å²) in [5.74, 6) is -2.84. The second-order valence-electron chi connectivity index (χ2n) is 7.80. The summed E-state index contributed by atoms with van der Waals surface area (Å²) in [6.45, 7) is 1.54. The van der Waals surface area contributed by atoms with Gasteiger partial charge in [0.05, 0.1) is 14.9 Å². The Bertz CT molecular complexity index is 1380. The number of sulfonamides is 1. The summed E-state index contributed by atoms with van der Waals surface area (Å²) in [6, 6.07) is 10.2. The van der Waals surface area contributed by atoms with Crippen LogP contribution in [0.15, 0.2) is 47.4 Å². The molecule has 1 unspecified atom stereocenters. The van der Waals surface area contributed by atoms with E-state index in [0.29, 0.717) is 26.8 Å². The van der Waals surface area contributed by atoms with E-state index in [1.807, 2.05) is 4.72 Å². The van der Waals surface area contributed by atoms with Gasteiger partial charge in [-0.05, 0) is 48.4 Å². The molecule has 9 nitrogen and oxygen atoms in total. The van der Waals surface area contributed by atoms with Gasteiger partial charge >= 0.3 is 5.97 Å². The van der Waals surface area contributed by atoms with Gasteiger partial charge in [-0.2, -0.15) is 0 Å². The van der Waals surface area contributed by atoms with Crippen molar-refractivity contribution in [1.82, 2.24) is 9.29 Å². The Kier molecular flexibility index (Phi) is 7.54. The van der Waals surface area contributed by atoms with Gasteiger partial charge in [-0.3, -0.25) is 14.4 Å². The predicted molar refractivity (Wildman–Crippen MR) is 129 cm³/mol. The van der Waals surface area contributed by atoms with Crippen LogP contribution in [0.4, 0.5) is 5.69 Å². The molecule has 0 radical (unpaired) electrons. The molecule has 0 saturated heterocycles. The minimum atomic E-state index is -4.15. The Morgan fingerprint density at radius 1 is 1.06 bits per heavy atom. The number of rotatable bonds is 8. The van der Waals surface area contributed by atoms with Gasteiger partial charge in [-0.25, -0.2) is 13.1 Å². The zero-order chi connectivity index (χ0) is 25.2. The molecule has 2 aromatic carbocycles. The molecule has 3 N–H and O–H groups in total. The molecule has 3 rings (SSSR count). The third-order valence-corrected chi connectivity index (χ3v) is 7.28. The third-order valence-electron chi connectivity index (χ3n) is 5.07. The van der Waals surface area contributed by atoms with Gasteiger partial charge in [0.2, 0.25) is 5.91 Å². The highest BCUT2D eigenvalue weighted by Gasteiger charge is 2.21. The predicted octanol–water partition coefficient (Wildman–Crippen LogP) is 4.04. The van der Waals surface area contributed by atoms with Crippen molar-refractivity contribution in [2.45, 2.75) is 24.7 Å². The fraction of sp³-hybridized carbons (Fsp3) is 0.227. The Labute approximate surface area is 205 Å². The third kappa shape index (κ3) is 5.69. The number of carboxylic acid groups (broad SMARTS) is 1. The van der Waals surface area contributed by atoms with Crippen LogP contribution in [0, 0.1) is 5.92 Å². The van der Waals surface area contributed by atoms with Crippen LogP contribution in [0.5, 0.6) is 0 Å². The molecule has 2 amide bonds. The SMILES string of the molecule is CC(CC(=O)O)CC(=O)NS(=O)(=O)c1ccc(NC(=O)c2cc3c(Cl)c(Cl)ccc3n2C)cc1. The highest BCUT2D eigenvalue weighted by atomic mass is 35.5. The lowest BCUT2D eigenvalue weighted by atomic mass is 10.0. The number of hydrogen-bond donors (Lipinski definition) is 3. The first-order valence-corrected chi connectivity index (χ1v) is 12.2. The summed E-state index contributed by atoms with van der Waals surface area (Å²) < 4.78 is 28.5. The molecule has 0 spiro atoms. The molecular weight excluding hydrogens is 505 g/mol. The zero-order valence-corrected chi connectivity index (χ0v) is 20.5. The van der Waals surface area contributed by atoms with Crippen molar-refractivity contribution in [2.75, 3.05) is 5.32 Å². The van der Waals surface area contributed by atoms with Gasteiger partial charge in [-0.1, -0.05) is 30.1 Å². The van der Waals surface area contributed by atoms with E-state index in [0.717, 1.165) is 5.52 Å². The Hall–Kier alpha value is -3.08. The van der Waals surface area contributed by atoms with Crippen LogP contribution in [0.2, 0.25) is 10.0 Å². The maximum Gasteiger partial charge on any atom is 0.303 e. The lowest BCUT2D eigenvalue weighted by Gasteiger charge is -2.11. The molecule has 0 fully saturated rings. The van der Waals surface area contributed by atoms with E-state index in [2.05, 4.69) is 5.32 Å². The number of halogens is 2. The number of benzene rings is 2. The molecule has 1 heterocycles. The fourth-order valence-corrected chi connectivity index (χ4v) is 4.79. The van der Waals surface area contributed by atoms with Gasteiger partial charge < -0.3 is 15.0 Å². The molecule has 34 heavy (non-hydrogen) atoms. The molecular formula is C22H21Cl2N3O6S. The van der Waals surface area contributed by atoms with E-state index >= 15 is 0 Å². The molecule has 180 valence electrons. The number of aliphatic carboxylic acids is 1. The number of anilines is 1. The second kappa shape index (κ2) is 10.0. The van der Waals surface area contributed by atoms with E-state index in [4.69, 9.17) is 28.3 Å². The number of aromatic nitrogens is 1. The summed E-state index contributed by atoms with van der Waals surface area (Å²) in [6.07, 6.45) is -0.502. The molecule has 3 aromatic rings. The van der Waals surface area contributed by atoms with Gasteiger partial charge in [0.25, 0.3) is 15.9 Å². The first-order chi connectivity index (χ1) is 15.9. The minimum Gasteiger partial charge on any atom is -0.481 e. The van der Waals surface area contributed by atoms with Crippen molar-refractivity contribution in [3.63, 3.8) is 0 Å². The Balaban J connectivity index is 1.71. The summed E-state index contributed by atoms with van der Waals surface area (Å²) in [5.41, 5.74) is 1.37. The number of hydrogen-bond acceptors (Lipinski definition) is 5. The minimum absolute atomic E-state index is 0.184. The average molecular weight is 526 g/mol. The number of aryl methyl sites for hydroxylation is 1. The lowest BCUT2D eigenvalue weighted by molar-refractivity contribution is -0.138. The monoisotopic (exact) mass is 525 g/mol. The molecule has 1 atom stereocenters. The number of carbonyl (C=O) groups excluding carboxylic acids is 2. The van der Waals surface area contributed by atoms with E-state index in [-0.39, 0.29) is 17.7 Å². The number of amides is 2. The molecule has 0 saturated carbocycles. The largest absolute Gasteiger partial charge is 0.481 e. The van der Waals surface area contributed by atoms with Crippen molar-refractivity contribution in [2.24, 2.45) is 13.0 Å². The second-order valence-corrected chi connectivity index (χ2v) is 10.3. The number of carbonyl (C=O) groups is 3. The van der Waals surface area contributed by atoms with Crippen LogP contribution in [0.1, 0.15) is 30.3 Å². The standard InChI is InChI=1S/C22H21Cl2N3O6S/c1-12(10-20(29)30)9-19(28)26-34(32,33)14-5-3-13(4-6-14)25-22(31)18-11-15-17(27(18)2)8-7-16(23)21(15)24/h3-8,11-12H,9-10H2,1-2H3,(H,25,31)(H,26,28)(H,29,30). The van der Waals surface area contributed by atoms with Crippen LogP contribution in [0.25, 0.3) is 10.9 Å². The van der Waals surface area contributed by atoms with Crippen LogP contribution in [-0.2, 0) is 26.7 Å². The maximum atomic E-state index is 12.8. The number of nitrogens with one attached hydrogen (secondary N) is 2. The number of carboxylic acids is 1. The van der Waals surface area contributed by atoms with E-state index in [1.165, 1.54) is 31.2 Å². The topological polar surface area (TPSA) is 135 Å². The summed E-state index contributed by atoms with van der Waals surface area (Å²) in [5, 5.41) is 12.8. The summed E-state index contributed by atoms with van der Waals surface area (Å²) in [7, 11) is -2.45. The normalized spacial score (nSPS) is 12.4. The highest BCUT2D eigenvalue weighted by molar-refractivity contribution is 7.90. The summed E-state index contributed by atoms with van der Waals surface area (Å²) >= 11 is 12.3. The highest BCUT2D eigenvalue weighted by Crippen LogP contribution is 2.32. The van der Waals surface area contributed by atoms with E-state index < -0.39 is 33.7 Å². The van der Waals surface area contributed by atoms with Crippen molar-refractivity contribution in [3.8, 4) is 0 Å². The van der Waals surface area contributed by atoms with Crippen molar-refractivity contribution in [1.29, 1.82) is 0 Å².